The topological polar surface area (TPSA) is 96.0 Å². The fraction of sp³-hybridized carbons (Fsp3) is 0.759. The van der Waals surface area contributed by atoms with E-state index in [-0.39, 0.29) is 59.1 Å². The number of unbranched alkanes of at least 4 members (excludes halogenated alkanes) is 4. The number of amides is 3. The maximum atomic E-state index is 13.0. The Labute approximate surface area is 253 Å². The molecular weight excluding hydrogens is 493 g/mol. The zero-order valence-corrected chi connectivity index (χ0v) is 27.3. The number of nitrogens with zero attached hydrogens (tertiary/aromatic N) is 2. The summed E-state index contributed by atoms with van der Waals surface area (Å²) in [6.07, 6.45) is 16.6. The summed E-state index contributed by atoms with van der Waals surface area (Å²) in [4.78, 5) is 55.3. The molecule has 38 heavy (non-hydrogen) atoms. The monoisotopic (exact) mass is 544 g/mol. The second-order valence-electron chi connectivity index (χ2n) is 10.4. The molecule has 8 nitrogen and oxygen atoms in total. The fourth-order valence-corrected chi connectivity index (χ4v) is 4.10. The molecule has 0 rings (SSSR count). The van der Waals surface area contributed by atoms with Crippen molar-refractivity contribution in [3.8, 4) is 0 Å². The molecule has 3 amide bonds. The molecule has 0 aliphatic rings. The van der Waals surface area contributed by atoms with Crippen molar-refractivity contribution >= 4 is 24.0 Å². The molecule has 0 saturated carbocycles. The van der Waals surface area contributed by atoms with Gasteiger partial charge in [-0.3, -0.25) is 19.5 Å². The summed E-state index contributed by atoms with van der Waals surface area (Å²) in [7, 11) is 6.35. The molecule has 0 spiro atoms. The van der Waals surface area contributed by atoms with Crippen molar-refractivity contribution in [1.29, 1.82) is 0 Å². The van der Waals surface area contributed by atoms with Gasteiger partial charge in [0.1, 0.15) is 5.91 Å². The molecule has 0 heterocycles. The van der Waals surface area contributed by atoms with E-state index < -0.39 is 6.04 Å². The molecule has 3 atom stereocenters. The number of nitrogens with one attached hydrogen (secondary N) is 1. The number of hydroxylamine groups is 2. The van der Waals surface area contributed by atoms with Crippen LogP contribution in [0.25, 0.3) is 0 Å². The van der Waals surface area contributed by atoms with Crippen molar-refractivity contribution in [3.63, 3.8) is 0 Å². The van der Waals surface area contributed by atoms with E-state index >= 15 is 0 Å². The number of hydrogen-bond acceptors (Lipinski definition) is 5. The molecule has 0 bridgehead atoms. The Morgan fingerprint density at radius 1 is 1.00 bits per heavy atom. The third kappa shape index (κ3) is 18.0. The van der Waals surface area contributed by atoms with E-state index in [0.717, 1.165) is 24.3 Å². The maximum Gasteiger partial charge on any atom is 1.00 e. The molecule has 2 unspecified atom stereocenters. The molecule has 214 valence electrons. The quantitative estimate of drug-likeness (QED) is 0.0780. The summed E-state index contributed by atoms with van der Waals surface area (Å²) in [6.45, 7) is 6.21. The van der Waals surface area contributed by atoms with E-state index in [1.54, 1.807) is 14.1 Å². The Bertz CT molecular complexity index is 700. The summed E-state index contributed by atoms with van der Waals surface area (Å²) in [6, 6.07) is -0.570. The Morgan fingerprint density at radius 3 is 2.21 bits per heavy atom. The van der Waals surface area contributed by atoms with Gasteiger partial charge in [-0.1, -0.05) is 77.5 Å². The minimum absolute atomic E-state index is 0. The molecule has 0 fully saturated rings. The first-order valence-corrected chi connectivity index (χ1v) is 13.8. The number of carbonyl (C=O) groups is 3. The Kier molecular flexibility index (Phi) is 24.0. The van der Waals surface area contributed by atoms with Gasteiger partial charge in [0.2, 0.25) is 11.8 Å². The first-order valence-electron chi connectivity index (χ1n) is 13.8. The van der Waals surface area contributed by atoms with Crippen LogP contribution in [0.4, 0.5) is 0 Å². The minimum atomic E-state index is -0.570. The maximum absolute atomic E-state index is 13.0. The third-order valence-corrected chi connectivity index (χ3v) is 6.41. The van der Waals surface area contributed by atoms with Crippen LogP contribution in [0, 0.1) is 24.2 Å². The summed E-state index contributed by atoms with van der Waals surface area (Å²) in [5, 5.41) is 4.01. The fourth-order valence-electron chi connectivity index (χ4n) is 4.10. The predicted octanol–water partition coefficient (Wildman–Crippen LogP) is 1.65. The summed E-state index contributed by atoms with van der Waals surface area (Å²) >= 11 is 0. The van der Waals surface area contributed by atoms with Gasteiger partial charge in [-0.25, -0.2) is 6.29 Å². The molecule has 0 aliphatic carbocycles. The molecule has 9 heteroatoms. The van der Waals surface area contributed by atoms with Gasteiger partial charge < -0.3 is 26.2 Å². The van der Waals surface area contributed by atoms with Crippen LogP contribution in [0.3, 0.4) is 0 Å². The predicted molar refractivity (Wildman–Crippen MR) is 148 cm³/mol. The molecule has 0 aromatic heterocycles. The molecule has 0 aromatic rings. The Balaban J connectivity index is 0. The second kappa shape index (κ2) is 23.5. The number of hydrogen-bond donors (Lipinski definition) is 1. The van der Waals surface area contributed by atoms with Crippen LogP contribution in [-0.4, -0.2) is 68.3 Å². The molecular formula is C29H51N3NaO5-. The molecule has 0 radical (unpaired) electrons. The van der Waals surface area contributed by atoms with Crippen molar-refractivity contribution in [2.24, 2.45) is 17.8 Å². The van der Waals surface area contributed by atoms with Crippen LogP contribution in [-0.2, 0) is 24.0 Å². The van der Waals surface area contributed by atoms with Crippen molar-refractivity contribution in [1.82, 2.24) is 15.3 Å². The molecule has 0 aromatic carbocycles. The van der Waals surface area contributed by atoms with Crippen LogP contribution in [0.5, 0.6) is 0 Å². The average molecular weight is 545 g/mol. The van der Waals surface area contributed by atoms with Gasteiger partial charge in [-0.15, -0.1) is 6.42 Å². The molecule has 0 saturated heterocycles. The number of allylic oxidation sites excluding steroid dienone is 2. The van der Waals surface area contributed by atoms with Gasteiger partial charge in [-0.2, -0.15) is 0 Å². The van der Waals surface area contributed by atoms with Crippen LogP contribution in [0.15, 0.2) is 12.2 Å². The van der Waals surface area contributed by atoms with Gasteiger partial charge in [-0.05, 0) is 31.6 Å². The van der Waals surface area contributed by atoms with Crippen LogP contribution in [0.2, 0.25) is 0 Å². The smallest absolute Gasteiger partial charge is 0.540 e. The van der Waals surface area contributed by atoms with Crippen molar-refractivity contribution in [2.75, 3.05) is 28.3 Å². The largest absolute Gasteiger partial charge is 1.00 e. The van der Waals surface area contributed by atoms with Crippen molar-refractivity contribution < 1.29 is 53.6 Å². The van der Waals surface area contributed by atoms with E-state index in [9.17, 15) is 19.2 Å². The van der Waals surface area contributed by atoms with Gasteiger partial charge in [0.25, 0.3) is 0 Å². The zero-order valence-electron chi connectivity index (χ0n) is 25.3. The SMILES string of the molecule is CCCCCCCC(CC/C=C\CC(C[CH-]C(=O)N(C)OC)C(=O)N(C)C)C(=O)N[C@H]([C-]=O)CC(C)C.[Na+]. The van der Waals surface area contributed by atoms with Crippen LogP contribution in [0.1, 0.15) is 91.4 Å². The summed E-state index contributed by atoms with van der Waals surface area (Å²) in [5.74, 6) is -0.628. The van der Waals surface area contributed by atoms with Gasteiger partial charge in [0.15, 0.2) is 0 Å². The third-order valence-electron chi connectivity index (χ3n) is 6.41. The van der Waals surface area contributed by atoms with E-state index in [1.165, 1.54) is 44.7 Å². The molecule has 1 N–H and O–H groups in total. The van der Waals surface area contributed by atoms with Gasteiger partial charge in [0, 0.05) is 33.0 Å². The standard InChI is InChI=1S/C29H51N3O5.Na/c1-8-9-10-11-13-16-24(28(35)30-26(22-33)21-23(2)3)17-14-12-15-18-25(29(36)31(4)5)19-20-27(34)32(6)37-7;/h12,15,20,23-26H,8-11,13-14,16-19,21H2,1-7H3,(H,30,35);/q-2;+1/b15-12-;/t24?,25?,26-;/m0./s1. The summed E-state index contributed by atoms with van der Waals surface area (Å²) in [5.41, 5.74) is 0. The van der Waals surface area contributed by atoms with E-state index in [1.807, 2.05) is 32.3 Å². The van der Waals surface area contributed by atoms with Crippen LogP contribution < -0.4 is 34.9 Å². The first-order chi connectivity index (χ1) is 17.6. The first kappa shape index (κ1) is 38.8. The minimum Gasteiger partial charge on any atom is -0.540 e. The zero-order chi connectivity index (χ0) is 28.2. The number of rotatable bonds is 21. The average Bonchev–Trinajstić information content (AvgIpc) is 2.86. The van der Waals surface area contributed by atoms with Crippen molar-refractivity contribution in [2.45, 2.75) is 97.4 Å². The Morgan fingerprint density at radius 2 is 1.66 bits per heavy atom. The van der Waals surface area contributed by atoms with E-state index in [2.05, 4.69) is 12.2 Å². The van der Waals surface area contributed by atoms with Crippen molar-refractivity contribution in [3.05, 3.63) is 18.6 Å². The number of carbonyl (C=O) groups excluding carboxylic acids is 4. The van der Waals surface area contributed by atoms with E-state index in [4.69, 9.17) is 4.84 Å². The molecule has 0 aliphatic heterocycles. The van der Waals surface area contributed by atoms with Crippen LogP contribution >= 0.6 is 0 Å². The normalized spacial score (nSPS) is 13.4. The van der Waals surface area contributed by atoms with Gasteiger partial charge >= 0.3 is 29.6 Å². The second-order valence-corrected chi connectivity index (χ2v) is 10.4. The van der Waals surface area contributed by atoms with E-state index in [0.29, 0.717) is 38.0 Å². The Hall–Kier alpha value is -1.35. The van der Waals surface area contributed by atoms with Gasteiger partial charge in [0.05, 0.1) is 7.11 Å². The summed E-state index contributed by atoms with van der Waals surface area (Å²) < 4.78 is 0.